The van der Waals surface area contributed by atoms with Crippen molar-refractivity contribution in [2.75, 3.05) is 19.8 Å². The van der Waals surface area contributed by atoms with Crippen LogP contribution < -0.4 is 19.5 Å². The minimum atomic E-state index is -0.270. The summed E-state index contributed by atoms with van der Waals surface area (Å²) in [6, 6.07) is 10.5. The fourth-order valence-electron chi connectivity index (χ4n) is 2.99. The van der Waals surface area contributed by atoms with Gasteiger partial charge in [-0.1, -0.05) is 35.8 Å². The third-order valence-corrected chi connectivity index (χ3v) is 4.86. The van der Waals surface area contributed by atoms with Crippen molar-refractivity contribution in [1.29, 1.82) is 0 Å². The van der Waals surface area contributed by atoms with Gasteiger partial charge in [0.05, 0.1) is 11.6 Å². The zero-order chi connectivity index (χ0) is 20.1. The van der Waals surface area contributed by atoms with Crippen LogP contribution in [-0.4, -0.2) is 32.0 Å². The molecule has 0 aliphatic carbocycles. The highest BCUT2D eigenvalue weighted by molar-refractivity contribution is 9.10. The van der Waals surface area contributed by atoms with E-state index in [1.165, 1.54) is 0 Å². The first-order chi connectivity index (χ1) is 13.5. The molecule has 0 saturated heterocycles. The maximum Gasteiger partial charge on any atom is 0.258 e. The molecule has 7 heteroatoms. The predicted molar refractivity (Wildman–Crippen MR) is 108 cm³/mol. The van der Waals surface area contributed by atoms with E-state index in [0.29, 0.717) is 42.3 Å². The number of hydrogen-bond acceptors (Lipinski definition) is 5. The summed E-state index contributed by atoms with van der Waals surface area (Å²) in [5.41, 5.74) is 1.32. The molecule has 148 valence electrons. The molecule has 0 saturated carbocycles. The lowest BCUT2D eigenvalue weighted by molar-refractivity contribution is -0.124. The molecule has 1 heterocycles. The van der Waals surface area contributed by atoms with Crippen LogP contribution in [0, 0.1) is 5.92 Å². The van der Waals surface area contributed by atoms with E-state index in [4.69, 9.17) is 14.2 Å². The molecule has 1 aliphatic heterocycles. The quantitative estimate of drug-likeness (QED) is 0.650. The van der Waals surface area contributed by atoms with E-state index >= 15 is 0 Å². The van der Waals surface area contributed by atoms with Gasteiger partial charge >= 0.3 is 0 Å². The van der Waals surface area contributed by atoms with Crippen molar-refractivity contribution in [3.05, 3.63) is 52.0 Å². The summed E-state index contributed by atoms with van der Waals surface area (Å²) < 4.78 is 17.5. The van der Waals surface area contributed by atoms with Gasteiger partial charge < -0.3 is 19.5 Å². The van der Waals surface area contributed by atoms with E-state index in [9.17, 15) is 9.59 Å². The summed E-state index contributed by atoms with van der Waals surface area (Å²) >= 11 is 3.30. The van der Waals surface area contributed by atoms with Gasteiger partial charge in [0.2, 0.25) is 0 Å². The van der Waals surface area contributed by atoms with Crippen molar-refractivity contribution in [3.63, 3.8) is 0 Å². The van der Waals surface area contributed by atoms with Crippen LogP contribution in [0.1, 0.15) is 35.8 Å². The van der Waals surface area contributed by atoms with Gasteiger partial charge in [0.15, 0.2) is 24.4 Å². The minimum Gasteiger partial charge on any atom is -0.486 e. The number of carbonyl (C=O) groups excluding carboxylic acids is 2. The van der Waals surface area contributed by atoms with Gasteiger partial charge in [-0.2, -0.15) is 0 Å². The first-order valence-electron chi connectivity index (χ1n) is 9.04. The van der Waals surface area contributed by atoms with Crippen LogP contribution in [-0.2, 0) is 4.79 Å². The highest BCUT2D eigenvalue weighted by atomic mass is 79.9. The van der Waals surface area contributed by atoms with Crippen LogP contribution >= 0.6 is 15.9 Å². The highest BCUT2D eigenvalue weighted by Gasteiger charge is 2.22. The summed E-state index contributed by atoms with van der Waals surface area (Å²) in [5.74, 6) is 1.65. The summed E-state index contributed by atoms with van der Waals surface area (Å²) in [6.07, 6.45) is 0.699. The Kier molecular flexibility index (Phi) is 6.57. The van der Waals surface area contributed by atoms with Crippen LogP contribution in [0.2, 0.25) is 0 Å². The SMILES string of the molecule is CC(C)C(NC(=O)COc1ccc(Br)cc1C=O)c1ccc2c(c1)OCCO2. The summed E-state index contributed by atoms with van der Waals surface area (Å²) in [4.78, 5) is 23.6. The molecule has 2 aromatic rings. The van der Waals surface area contributed by atoms with E-state index in [0.717, 1.165) is 10.0 Å². The van der Waals surface area contributed by atoms with Crippen molar-refractivity contribution < 1.29 is 23.8 Å². The molecule has 1 aliphatic rings. The number of ether oxygens (including phenoxy) is 3. The van der Waals surface area contributed by atoms with Crippen molar-refractivity contribution in [2.24, 2.45) is 5.92 Å². The number of hydrogen-bond donors (Lipinski definition) is 1. The molecular weight excluding hydrogens is 426 g/mol. The lowest BCUT2D eigenvalue weighted by Crippen LogP contribution is -2.35. The number of fused-ring (bicyclic) bond motifs is 1. The van der Waals surface area contributed by atoms with Crippen molar-refractivity contribution in [2.45, 2.75) is 19.9 Å². The molecule has 6 nitrogen and oxygen atoms in total. The van der Waals surface area contributed by atoms with Gasteiger partial charge in [-0.15, -0.1) is 0 Å². The van der Waals surface area contributed by atoms with Gasteiger partial charge in [0, 0.05) is 4.47 Å². The molecule has 28 heavy (non-hydrogen) atoms. The normalized spacial score (nSPS) is 13.7. The molecule has 2 aromatic carbocycles. The lowest BCUT2D eigenvalue weighted by Gasteiger charge is -2.25. The van der Waals surface area contributed by atoms with Crippen molar-refractivity contribution in [3.8, 4) is 17.2 Å². The second kappa shape index (κ2) is 9.10. The Morgan fingerprint density at radius 1 is 1.18 bits per heavy atom. The molecule has 1 atom stereocenters. The summed E-state index contributed by atoms with van der Waals surface area (Å²) in [6.45, 7) is 4.92. The zero-order valence-electron chi connectivity index (χ0n) is 15.7. The van der Waals surface area contributed by atoms with E-state index in [1.54, 1.807) is 18.2 Å². The molecule has 0 radical (unpaired) electrons. The Labute approximate surface area is 172 Å². The van der Waals surface area contributed by atoms with Crippen LogP contribution in [0.4, 0.5) is 0 Å². The zero-order valence-corrected chi connectivity index (χ0v) is 17.3. The molecule has 1 unspecified atom stereocenters. The summed E-state index contributed by atoms with van der Waals surface area (Å²) in [5, 5.41) is 3.00. The van der Waals surface area contributed by atoms with Crippen LogP contribution in [0.25, 0.3) is 0 Å². The van der Waals surface area contributed by atoms with Gasteiger partial charge in [-0.3, -0.25) is 9.59 Å². The number of halogens is 1. The first kappa shape index (κ1) is 20.2. The Morgan fingerprint density at radius 2 is 1.93 bits per heavy atom. The van der Waals surface area contributed by atoms with E-state index in [-0.39, 0.29) is 24.5 Å². The highest BCUT2D eigenvalue weighted by Crippen LogP contribution is 2.34. The Balaban J connectivity index is 1.67. The van der Waals surface area contributed by atoms with Crippen LogP contribution in [0.3, 0.4) is 0 Å². The molecule has 0 fully saturated rings. The van der Waals surface area contributed by atoms with Gasteiger partial charge in [0.1, 0.15) is 19.0 Å². The number of aldehydes is 1. The predicted octanol–water partition coefficient (Wildman–Crippen LogP) is 3.93. The monoisotopic (exact) mass is 447 g/mol. The van der Waals surface area contributed by atoms with Crippen molar-refractivity contribution >= 4 is 28.1 Å². The molecule has 1 N–H and O–H groups in total. The topological polar surface area (TPSA) is 73.9 Å². The second-order valence-electron chi connectivity index (χ2n) is 6.78. The average molecular weight is 448 g/mol. The number of benzene rings is 2. The second-order valence-corrected chi connectivity index (χ2v) is 7.70. The van der Waals surface area contributed by atoms with Crippen LogP contribution in [0.15, 0.2) is 40.9 Å². The third-order valence-electron chi connectivity index (χ3n) is 4.37. The standard InChI is InChI=1S/C21H22BrNO5/c1-13(2)21(14-3-5-18-19(10-14)27-8-7-26-18)23-20(25)12-28-17-6-4-16(22)9-15(17)11-24/h3-6,9-11,13,21H,7-8,12H2,1-2H3,(H,23,25). The average Bonchev–Trinajstić information content (AvgIpc) is 2.70. The molecule has 0 aromatic heterocycles. The maximum absolute atomic E-state index is 12.5. The number of amides is 1. The third kappa shape index (κ3) is 4.84. The Hall–Kier alpha value is -2.54. The number of carbonyl (C=O) groups is 2. The van der Waals surface area contributed by atoms with E-state index in [2.05, 4.69) is 21.2 Å². The molecule has 0 bridgehead atoms. The maximum atomic E-state index is 12.5. The molecule has 1 amide bonds. The Morgan fingerprint density at radius 3 is 2.64 bits per heavy atom. The van der Waals surface area contributed by atoms with E-state index < -0.39 is 0 Å². The number of rotatable bonds is 7. The summed E-state index contributed by atoms with van der Waals surface area (Å²) in [7, 11) is 0. The molecule has 0 spiro atoms. The lowest BCUT2D eigenvalue weighted by atomic mass is 9.95. The van der Waals surface area contributed by atoms with Gasteiger partial charge in [0.25, 0.3) is 5.91 Å². The smallest absolute Gasteiger partial charge is 0.258 e. The fourth-order valence-corrected chi connectivity index (χ4v) is 3.37. The van der Waals surface area contributed by atoms with Crippen LogP contribution in [0.5, 0.6) is 17.2 Å². The molecule has 3 rings (SSSR count). The largest absolute Gasteiger partial charge is 0.486 e. The van der Waals surface area contributed by atoms with Gasteiger partial charge in [-0.05, 0) is 41.8 Å². The Bertz CT molecular complexity index is 868. The minimum absolute atomic E-state index is 0.157. The van der Waals surface area contributed by atoms with E-state index in [1.807, 2.05) is 32.0 Å². The van der Waals surface area contributed by atoms with Crippen molar-refractivity contribution in [1.82, 2.24) is 5.32 Å². The number of nitrogens with one attached hydrogen (secondary N) is 1. The van der Waals surface area contributed by atoms with Gasteiger partial charge in [-0.25, -0.2) is 0 Å². The fraction of sp³-hybridized carbons (Fsp3) is 0.333. The molecular formula is C21H22BrNO5. The first-order valence-corrected chi connectivity index (χ1v) is 9.83.